The van der Waals surface area contributed by atoms with E-state index in [1.807, 2.05) is 0 Å². The Hall–Kier alpha value is -0.120. The SMILES string of the molecule is CCC(N)(CO)CCCN(CCC(C)C)C1CC1. The second-order valence-electron chi connectivity index (χ2n) is 6.43. The first kappa shape index (κ1) is 15.9. The van der Waals surface area contributed by atoms with E-state index < -0.39 is 0 Å². The molecule has 0 spiro atoms. The van der Waals surface area contributed by atoms with Crippen molar-refractivity contribution in [1.82, 2.24) is 4.90 Å². The summed E-state index contributed by atoms with van der Waals surface area (Å²) in [6.07, 6.45) is 6.95. The fraction of sp³-hybridized carbons (Fsp3) is 1.00. The molecule has 108 valence electrons. The van der Waals surface area contributed by atoms with E-state index in [9.17, 15) is 5.11 Å². The van der Waals surface area contributed by atoms with Crippen molar-refractivity contribution in [3.8, 4) is 0 Å². The minimum absolute atomic E-state index is 0.110. The van der Waals surface area contributed by atoms with Gasteiger partial charge in [0.1, 0.15) is 0 Å². The molecule has 3 nitrogen and oxygen atoms in total. The van der Waals surface area contributed by atoms with E-state index in [1.165, 1.54) is 25.8 Å². The van der Waals surface area contributed by atoms with E-state index in [4.69, 9.17) is 5.73 Å². The van der Waals surface area contributed by atoms with E-state index in [0.29, 0.717) is 0 Å². The Morgan fingerprint density at radius 2 is 2.00 bits per heavy atom. The molecule has 1 aliphatic carbocycles. The highest BCUT2D eigenvalue weighted by Gasteiger charge is 2.29. The number of nitrogens with zero attached hydrogens (tertiary/aromatic N) is 1. The lowest BCUT2D eigenvalue weighted by Crippen LogP contribution is -2.43. The van der Waals surface area contributed by atoms with Gasteiger partial charge in [-0.15, -0.1) is 0 Å². The number of aliphatic hydroxyl groups is 1. The van der Waals surface area contributed by atoms with E-state index in [0.717, 1.165) is 37.8 Å². The summed E-state index contributed by atoms with van der Waals surface area (Å²) in [7, 11) is 0. The highest BCUT2D eigenvalue weighted by molar-refractivity contribution is 4.86. The van der Waals surface area contributed by atoms with Gasteiger partial charge in [0, 0.05) is 11.6 Å². The summed E-state index contributed by atoms with van der Waals surface area (Å²) in [6.45, 7) is 9.13. The molecule has 0 bridgehead atoms. The second-order valence-corrected chi connectivity index (χ2v) is 6.43. The van der Waals surface area contributed by atoms with Gasteiger partial charge in [0.2, 0.25) is 0 Å². The third-order valence-corrected chi connectivity index (χ3v) is 4.20. The van der Waals surface area contributed by atoms with Crippen LogP contribution in [-0.2, 0) is 0 Å². The molecule has 0 amide bonds. The van der Waals surface area contributed by atoms with Crippen LogP contribution >= 0.6 is 0 Å². The molecule has 1 unspecified atom stereocenters. The summed E-state index contributed by atoms with van der Waals surface area (Å²) >= 11 is 0. The number of rotatable bonds is 10. The molecular weight excluding hydrogens is 224 g/mol. The lowest BCUT2D eigenvalue weighted by atomic mass is 9.92. The monoisotopic (exact) mass is 256 g/mol. The normalized spacial score (nSPS) is 19.5. The van der Waals surface area contributed by atoms with Crippen molar-refractivity contribution >= 4 is 0 Å². The van der Waals surface area contributed by atoms with E-state index in [1.54, 1.807) is 0 Å². The predicted octanol–water partition coefficient (Wildman–Crippen LogP) is 2.38. The molecule has 0 heterocycles. The summed E-state index contributed by atoms with van der Waals surface area (Å²) in [5, 5.41) is 9.31. The van der Waals surface area contributed by atoms with Crippen molar-refractivity contribution in [1.29, 1.82) is 0 Å². The molecule has 0 aromatic rings. The maximum absolute atomic E-state index is 9.31. The minimum atomic E-state index is -0.354. The van der Waals surface area contributed by atoms with Gasteiger partial charge >= 0.3 is 0 Å². The summed E-state index contributed by atoms with van der Waals surface area (Å²) < 4.78 is 0. The smallest absolute Gasteiger partial charge is 0.0611 e. The Morgan fingerprint density at radius 3 is 2.44 bits per heavy atom. The van der Waals surface area contributed by atoms with Gasteiger partial charge in [-0.1, -0.05) is 20.8 Å². The molecule has 0 aromatic carbocycles. The summed E-state index contributed by atoms with van der Waals surface area (Å²) in [5.41, 5.74) is 5.77. The van der Waals surface area contributed by atoms with Crippen LogP contribution in [-0.4, -0.2) is 41.3 Å². The largest absolute Gasteiger partial charge is 0.394 e. The number of nitrogens with two attached hydrogens (primary N) is 1. The lowest BCUT2D eigenvalue weighted by Gasteiger charge is -2.28. The van der Waals surface area contributed by atoms with Crippen LogP contribution in [0.1, 0.15) is 59.3 Å². The molecule has 1 rings (SSSR count). The fourth-order valence-corrected chi connectivity index (χ4v) is 2.34. The highest BCUT2D eigenvalue weighted by atomic mass is 16.3. The van der Waals surface area contributed by atoms with Gasteiger partial charge < -0.3 is 15.7 Å². The van der Waals surface area contributed by atoms with Crippen LogP contribution in [0.3, 0.4) is 0 Å². The molecule has 1 aliphatic rings. The van der Waals surface area contributed by atoms with Crippen LogP contribution in [0.4, 0.5) is 0 Å². The standard InChI is InChI=1S/C15H32N2O/c1-4-15(16,12-18)9-5-10-17(14-6-7-14)11-8-13(2)3/h13-14,18H,4-12,16H2,1-3H3. The average Bonchev–Trinajstić information content (AvgIpc) is 3.17. The highest BCUT2D eigenvalue weighted by Crippen LogP contribution is 2.28. The molecule has 3 N–H and O–H groups in total. The van der Waals surface area contributed by atoms with Crippen LogP contribution in [0, 0.1) is 5.92 Å². The summed E-state index contributed by atoms with van der Waals surface area (Å²) in [6, 6.07) is 0.840. The molecule has 1 atom stereocenters. The van der Waals surface area contributed by atoms with Crippen LogP contribution < -0.4 is 5.73 Å². The van der Waals surface area contributed by atoms with Gasteiger partial charge in [0.15, 0.2) is 0 Å². The predicted molar refractivity (Wildman–Crippen MR) is 77.6 cm³/mol. The first-order valence-electron chi connectivity index (χ1n) is 7.64. The molecule has 0 aromatic heterocycles. The maximum Gasteiger partial charge on any atom is 0.0611 e. The summed E-state index contributed by atoms with van der Waals surface area (Å²) in [5.74, 6) is 0.785. The van der Waals surface area contributed by atoms with Gasteiger partial charge in [0.05, 0.1) is 6.61 Å². The third-order valence-electron chi connectivity index (χ3n) is 4.20. The molecule has 18 heavy (non-hydrogen) atoms. The van der Waals surface area contributed by atoms with Crippen molar-refractivity contribution in [2.75, 3.05) is 19.7 Å². The van der Waals surface area contributed by atoms with Gasteiger partial charge in [-0.25, -0.2) is 0 Å². The zero-order valence-corrected chi connectivity index (χ0v) is 12.5. The third kappa shape index (κ3) is 5.68. The average molecular weight is 256 g/mol. The first-order valence-corrected chi connectivity index (χ1v) is 7.64. The van der Waals surface area contributed by atoms with Crippen LogP contribution in [0.2, 0.25) is 0 Å². The molecule has 3 heteroatoms. The van der Waals surface area contributed by atoms with Crippen LogP contribution in [0.5, 0.6) is 0 Å². The molecular formula is C15H32N2O. The fourth-order valence-electron chi connectivity index (χ4n) is 2.34. The first-order chi connectivity index (χ1) is 8.50. The lowest BCUT2D eigenvalue weighted by molar-refractivity contribution is 0.169. The number of hydrogen-bond donors (Lipinski definition) is 2. The van der Waals surface area contributed by atoms with Gasteiger partial charge in [-0.3, -0.25) is 0 Å². The second kappa shape index (κ2) is 7.46. The van der Waals surface area contributed by atoms with Gasteiger partial charge in [0.25, 0.3) is 0 Å². The Labute approximate surface area is 113 Å². The Kier molecular flexibility index (Phi) is 6.61. The minimum Gasteiger partial charge on any atom is -0.394 e. The van der Waals surface area contributed by atoms with Crippen molar-refractivity contribution in [2.24, 2.45) is 11.7 Å². The summed E-state index contributed by atoms with van der Waals surface area (Å²) in [4.78, 5) is 2.63. The van der Waals surface area contributed by atoms with E-state index >= 15 is 0 Å². The van der Waals surface area contributed by atoms with Crippen molar-refractivity contribution in [3.63, 3.8) is 0 Å². The molecule has 0 radical (unpaired) electrons. The van der Waals surface area contributed by atoms with Crippen LogP contribution in [0.25, 0.3) is 0 Å². The maximum atomic E-state index is 9.31. The van der Waals surface area contributed by atoms with Gasteiger partial charge in [-0.05, 0) is 57.5 Å². The Morgan fingerprint density at radius 1 is 1.33 bits per heavy atom. The Balaban J connectivity index is 2.25. The molecule has 0 aliphatic heterocycles. The van der Waals surface area contributed by atoms with Gasteiger partial charge in [-0.2, -0.15) is 0 Å². The zero-order valence-electron chi connectivity index (χ0n) is 12.5. The zero-order chi connectivity index (χ0) is 13.6. The van der Waals surface area contributed by atoms with Crippen molar-refractivity contribution < 1.29 is 5.11 Å². The Bertz CT molecular complexity index is 223. The van der Waals surface area contributed by atoms with E-state index in [-0.39, 0.29) is 12.1 Å². The molecule has 1 fully saturated rings. The topological polar surface area (TPSA) is 49.5 Å². The molecule has 1 saturated carbocycles. The quantitative estimate of drug-likeness (QED) is 0.631. The number of aliphatic hydroxyl groups excluding tert-OH is 1. The molecule has 0 saturated heterocycles. The van der Waals surface area contributed by atoms with Crippen molar-refractivity contribution in [3.05, 3.63) is 0 Å². The van der Waals surface area contributed by atoms with Crippen LogP contribution in [0.15, 0.2) is 0 Å². The van der Waals surface area contributed by atoms with E-state index in [2.05, 4.69) is 25.7 Å². The number of hydrogen-bond acceptors (Lipinski definition) is 3. The van der Waals surface area contributed by atoms with Crippen molar-refractivity contribution in [2.45, 2.75) is 70.9 Å².